The third-order valence-electron chi connectivity index (χ3n) is 5.70. The van der Waals surface area contributed by atoms with E-state index in [4.69, 9.17) is 0 Å². The molecule has 0 saturated heterocycles. The van der Waals surface area contributed by atoms with Gasteiger partial charge in [-0.2, -0.15) is 0 Å². The van der Waals surface area contributed by atoms with E-state index in [2.05, 4.69) is 37.5 Å². The second-order valence-electron chi connectivity index (χ2n) is 8.57. The van der Waals surface area contributed by atoms with Gasteiger partial charge in [-0.15, -0.1) is 0 Å². The van der Waals surface area contributed by atoms with Crippen molar-refractivity contribution in [2.24, 2.45) is 0 Å². The highest BCUT2D eigenvalue weighted by atomic mass is 16.4. The molecule has 0 amide bonds. The van der Waals surface area contributed by atoms with Gasteiger partial charge in [-0.3, -0.25) is 0 Å². The van der Waals surface area contributed by atoms with E-state index in [0.29, 0.717) is 11.1 Å². The van der Waals surface area contributed by atoms with Crippen LogP contribution in [0, 0.1) is 23.7 Å². The van der Waals surface area contributed by atoms with Crippen molar-refractivity contribution in [3.63, 3.8) is 0 Å². The van der Waals surface area contributed by atoms with Gasteiger partial charge in [0.2, 0.25) is 0 Å². The van der Waals surface area contributed by atoms with Gasteiger partial charge in [-0.25, -0.2) is 9.59 Å². The summed E-state index contributed by atoms with van der Waals surface area (Å²) >= 11 is 0. The zero-order valence-electron chi connectivity index (χ0n) is 19.9. The zero-order valence-corrected chi connectivity index (χ0v) is 19.9. The van der Waals surface area contributed by atoms with Crippen molar-refractivity contribution in [2.75, 3.05) is 0 Å². The van der Waals surface area contributed by atoms with Crippen molar-refractivity contribution in [1.82, 2.24) is 0 Å². The molecule has 4 heteroatoms. The van der Waals surface area contributed by atoms with Crippen molar-refractivity contribution in [3.8, 4) is 23.7 Å². The first-order valence-corrected chi connectivity index (χ1v) is 11.5. The Kier molecular flexibility index (Phi) is 9.31. The lowest BCUT2D eigenvalue weighted by atomic mass is 9.76. The molecule has 2 N–H and O–H groups in total. The molecule has 0 aromatic heterocycles. The number of carboxylic acids is 2. The van der Waals surface area contributed by atoms with Gasteiger partial charge in [0.05, 0.1) is 11.1 Å². The number of carboxylic acid groups (broad SMARTS) is 2. The van der Waals surface area contributed by atoms with Gasteiger partial charge in [-0.1, -0.05) is 76.4 Å². The molecule has 0 aliphatic rings. The van der Waals surface area contributed by atoms with Crippen LogP contribution in [-0.4, -0.2) is 22.2 Å². The number of carbonyl (C=O) groups is 2. The maximum atomic E-state index is 11.9. The van der Waals surface area contributed by atoms with E-state index in [1.54, 1.807) is 24.3 Å². The van der Waals surface area contributed by atoms with Crippen LogP contribution in [0.4, 0.5) is 0 Å². The Hall–Kier alpha value is -3.50. The van der Waals surface area contributed by atoms with Crippen molar-refractivity contribution in [3.05, 3.63) is 69.8 Å². The minimum atomic E-state index is -1.03. The Morgan fingerprint density at radius 2 is 1.15 bits per heavy atom. The number of hydrogen-bond acceptors (Lipinski definition) is 2. The Morgan fingerprint density at radius 1 is 0.758 bits per heavy atom. The maximum Gasteiger partial charge on any atom is 0.336 e. The van der Waals surface area contributed by atoms with Gasteiger partial charge in [0.1, 0.15) is 0 Å². The summed E-state index contributed by atoms with van der Waals surface area (Å²) in [6.45, 7) is 8.08. The number of aromatic carboxylic acids is 2. The van der Waals surface area contributed by atoms with E-state index >= 15 is 0 Å². The second kappa shape index (κ2) is 11.9. The molecule has 0 spiro atoms. The molecule has 0 aliphatic heterocycles. The van der Waals surface area contributed by atoms with Crippen molar-refractivity contribution in [2.45, 2.75) is 71.6 Å². The van der Waals surface area contributed by atoms with Crippen LogP contribution in [0.1, 0.15) is 109 Å². The number of hydrogen-bond donors (Lipinski definition) is 2. The molecule has 33 heavy (non-hydrogen) atoms. The predicted molar refractivity (Wildman–Crippen MR) is 132 cm³/mol. The average Bonchev–Trinajstić information content (AvgIpc) is 2.79. The standard InChI is InChI=1S/C29H32O4/c1-5-7-9-11-13-21-15-17-23(19-25(21)27(30)31)29(3,4)24-18-16-22(14-12-10-8-6-2)26(20-24)28(32)33/h15-20H,5-10H2,1-4H3,(H,30,31)(H,32,33). The van der Waals surface area contributed by atoms with Crippen molar-refractivity contribution < 1.29 is 19.8 Å². The van der Waals surface area contributed by atoms with Crippen LogP contribution in [0.3, 0.4) is 0 Å². The third kappa shape index (κ3) is 6.74. The van der Waals surface area contributed by atoms with Crippen LogP contribution in [0.25, 0.3) is 0 Å². The Labute approximate surface area is 197 Å². The Balaban J connectivity index is 2.47. The molecule has 0 radical (unpaired) electrons. The summed E-state index contributed by atoms with van der Waals surface area (Å²) in [5.74, 6) is 10.00. The molecule has 2 rings (SSSR count). The molecular weight excluding hydrogens is 412 g/mol. The summed E-state index contributed by atoms with van der Waals surface area (Å²) in [5, 5.41) is 19.5. The molecule has 0 fully saturated rings. The van der Waals surface area contributed by atoms with Gasteiger partial charge in [0.25, 0.3) is 0 Å². The fourth-order valence-corrected chi connectivity index (χ4v) is 3.45. The fourth-order valence-electron chi connectivity index (χ4n) is 3.45. The highest BCUT2D eigenvalue weighted by Crippen LogP contribution is 2.33. The lowest BCUT2D eigenvalue weighted by molar-refractivity contribution is 0.0685. The van der Waals surface area contributed by atoms with E-state index in [0.717, 1.165) is 49.7 Å². The SMILES string of the molecule is CCCCC#Cc1ccc(C(C)(C)c2ccc(C#CCCCC)c(C(=O)O)c2)cc1C(=O)O. The van der Waals surface area contributed by atoms with Crippen LogP contribution in [0.2, 0.25) is 0 Å². The molecule has 2 aromatic rings. The van der Waals surface area contributed by atoms with E-state index in [-0.39, 0.29) is 11.1 Å². The molecule has 4 nitrogen and oxygen atoms in total. The zero-order chi connectivity index (χ0) is 24.4. The van der Waals surface area contributed by atoms with Gasteiger partial charge >= 0.3 is 11.9 Å². The second-order valence-corrected chi connectivity index (χ2v) is 8.57. The van der Waals surface area contributed by atoms with Crippen LogP contribution >= 0.6 is 0 Å². The molecule has 0 unspecified atom stereocenters. The smallest absolute Gasteiger partial charge is 0.336 e. The quantitative estimate of drug-likeness (QED) is 0.360. The molecule has 0 atom stereocenters. The molecule has 0 saturated carbocycles. The summed E-state index contributed by atoms with van der Waals surface area (Å²) < 4.78 is 0. The first-order valence-electron chi connectivity index (χ1n) is 11.5. The summed E-state index contributed by atoms with van der Waals surface area (Å²) in [5.41, 5.74) is 2.22. The van der Waals surface area contributed by atoms with Crippen LogP contribution in [-0.2, 0) is 5.41 Å². The number of rotatable bonds is 8. The molecule has 2 aromatic carbocycles. The molecule has 172 valence electrons. The number of unbranched alkanes of at least 4 members (excludes halogenated alkanes) is 4. The Morgan fingerprint density at radius 3 is 1.48 bits per heavy atom. The van der Waals surface area contributed by atoms with Crippen LogP contribution in [0.15, 0.2) is 36.4 Å². The van der Waals surface area contributed by atoms with E-state index in [1.807, 2.05) is 26.0 Å². The van der Waals surface area contributed by atoms with Gasteiger partial charge in [-0.05, 0) is 48.2 Å². The maximum absolute atomic E-state index is 11.9. The molecule has 0 bridgehead atoms. The Bertz CT molecular complexity index is 1040. The summed E-state index contributed by atoms with van der Waals surface area (Å²) in [6, 6.07) is 10.5. The van der Waals surface area contributed by atoms with Crippen LogP contribution in [0.5, 0.6) is 0 Å². The predicted octanol–water partition coefficient (Wildman–Crippen LogP) is 6.49. The first kappa shape index (κ1) is 25.8. The molecular formula is C29H32O4. The van der Waals surface area contributed by atoms with Gasteiger partial charge in [0.15, 0.2) is 0 Å². The lowest BCUT2D eigenvalue weighted by Gasteiger charge is -2.27. The normalized spacial score (nSPS) is 10.5. The average molecular weight is 445 g/mol. The summed E-state index contributed by atoms with van der Waals surface area (Å²) in [4.78, 5) is 23.8. The monoisotopic (exact) mass is 444 g/mol. The largest absolute Gasteiger partial charge is 0.478 e. The minimum absolute atomic E-state index is 0.154. The minimum Gasteiger partial charge on any atom is -0.478 e. The summed E-state index contributed by atoms with van der Waals surface area (Å²) in [6.07, 6.45) is 5.49. The van der Waals surface area contributed by atoms with Crippen molar-refractivity contribution in [1.29, 1.82) is 0 Å². The third-order valence-corrected chi connectivity index (χ3v) is 5.70. The van der Waals surface area contributed by atoms with E-state index in [1.165, 1.54) is 0 Å². The summed E-state index contributed by atoms with van der Waals surface area (Å²) in [7, 11) is 0. The fraction of sp³-hybridized carbons (Fsp3) is 0.379. The highest BCUT2D eigenvalue weighted by Gasteiger charge is 2.26. The van der Waals surface area contributed by atoms with E-state index < -0.39 is 17.4 Å². The van der Waals surface area contributed by atoms with Crippen LogP contribution < -0.4 is 0 Å². The first-order chi connectivity index (χ1) is 15.7. The molecule has 0 heterocycles. The highest BCUT2D eigenvalue weighted by molar-refractivity contribution is 5.92. The lowest BCUT2D eigenvalue weighted by Crippen LogP contribution is -2.21. The molecule has 0 aliphatic carbocycles. The van der Waals surface area contributed by atoms with Gasteiger partial charge < -0.3 is 10.2 Å². The van der Waals surface area contributed by atoms with E-state index in [9.17, 15) is 19.8 Å². The van der Waals surface area contributed by atoms with Gasteiger partial charge in [0, 0.05) is 29.4 Å². The number of benzene rings is 2. The topological polar surface area (TPSA) is 74.6 Å². The van der Waals surface area contributed by atoms with Crippen molar-refractivity contribution >= 4 is 11.9 Å².